The average Bonchev–Trinajstić information content (AvgIpc) is 2.90. The summed E-state index contributed by atoms with van der Waals surface area (Å²) in [6.45, 7) is 3.32. The molecule has 0 saturated carbocycles. The summed E-state index contributed by atoms with van der Waals surface area (Å²) in [4.78, 5) is 2.37. The fraction of sp³-hybridized carbons (Fsp3) is 0.400. The molecule has 0 amide bonds. The van der Waals surface area contributed by atoms with Crippen LogP contribution in [0.5, 0.6) is 0 Å². The number of anilines is 3. The molecule has 0 aromatic heterocycles. The van der Waals surface area contributed by atoms with Crippen LogP contribution in [-0.2, 0) is 0 Å². The summed E-state index contributed by atoms with van der Waals surface area (Å²) in [5, 5.41) is 0. The van der Waals surface area contributed by atoms with E-state index in [-0.39, 0.29) is 30.5 Å². The van der Waals surface area contributed by atoms with Gasteiger partial charge in [-0.15, -0.1) is 24.8 Å². The Bertz CT molecular complexity index is 840. The monoisotopic (exact) mass is 478 g/mol. The number of para-hydroxylation sites is 3. The van der Waals surface area contributed by atoms with Gasteiger partial charge in [0.15, 0.2) is 0 Å². The molecule has 30 heavy (non-hydrogen) atoms. The third-order valence-corrected chi connectivity index (χ3v) is 7.30. The van der Waals surface area contributed by atoms with Crippen LogP contribution in [0, 0.1) is 5.82 Å². The van der Waals surface area contributed by atoms with Crippen LogP contribution in [0.2, 0.25) is 0 Å². The van der Waals surface area contributed by atoms with Gasteiger partial charge in [0.1, 0.15) is 11.5 Å². The van der Waals surface area contributed by atoms with Gasteiger partial charge in [-0.1, -0.05) is 24.3 Å². The smallest absolute Gasteiger partial charge is 0.148 e. The molecule has 10 heteroatoms. The highest BCUT2D eigenvalue weighted by atomic mass is 35.5. The number of piperidine rings is 1. The third kappa shape index (κ3) is 4.80. The van der Waals surface area contributed by atoms with Crippen molar-refractivity contribution in [1.82, 2.24) is 4.90 Å². The van der Waals surface area contributed by atoms with Gasteiger partial charge >= 0.3 is 0 Å². The van der Waals surface area contributed by atoms with Crippen molar-refractivity contribution in [3.63, 3.8) is 0 Å². The van der Waals surface area contributed by atoms with E-state index >= 15 is 0 Å². The van der Waals surface area contributed by atoms with Gasteiger partial charge in [-0.2, -0.15) is 0 Å². The molecule has 0 unspecified atom stereocenters. The number of hydrogen-bond donors (Lipinski definition) is 3. The van der Waals surface area contributed by atoms with Crippen molar-refractivity contribution in [2.75, 3.05) is 34.8 Å². The molecule has 2 aromatic rings. The number of hydrogen-bond acceptors (Lipinski definition) is 6. The first-order valence-electron chi connectivity index (χ1n) is 9.66. The van der Waals surface area contributed by atoms with E-state index in [0.29, 0.717) is 24.0 Å². The van der Waals surface area contributed by atoms with E-state index in [0.717, 1.165) is 38.9 Å². The molecule has 0 spiro atoms. The summed E-state index contributed by atoms with van der Waals surface area (Å²) in [5.74, 6) is -0.483. The Balaban J connectivity index is 0.00000160. The van der Waals surface area contributed by atoms with Gasteiger partial charge in [-0.05, 0) is 74.1 Å². The number of nitrogens with zero attached hydrogens (tertiary/aromatic N) is 3. The fourth-order valence-corrected chi connectivity index (χ4v) is 5.76. The van der Waals surface area contributed by atoms with Crippen molar-refractivity contribution in [1.29, 1.82) is 0 Å². The zero-order valence-electron chi connectivity index (χ0n) is 16.6. The van der Waals surface area contributed by atoms with Gasteiger partial charge in [-0.3, -0.25) is 13.4 Å². The Labute approximate surface area is 191 Å². The molecule has 4 N–H and O–H groups in total. The summed E-state index contributed by atoms with van der Waals surface area (Å²) in [7, 11) is -3.39. The van der Waals surface area contributed by atoms with Gasteiger partial charge in [0.2, 0.25) is 0 Å². The van der Waals surface area contributed by atoms with E-state index in [4.69, 9.17) is 5.73 Å². The lowest BCUT2D eigenvalue weighted by molar-refractivity contribution is 0.212. The minimum Gasteiger partial charge on any atom is -0.328 e. The van der Waals surface area contributed by atoms with Crippen LogP contribution in [0.4, 0.5) is 21.5 Å². The zero-order valence-corrected chi connectivity index (χ0v) is 19.0. The van der Waals surface area contributed by atoms with Gasteiger partial charge in [0, 0.05) is 12.6 Å². The van der Waals surface area contributed by atoms with Crippen LogP contribution >= 0.6 is 35.8 Å². The topological polar surface area (TPSA) is 76.2 Å². The summed E-state index contributed by atoms with van der Waals surface area (Å²) in [6, 6.07) is 13.8. The van der Waals surface area contributed by atoms with Crippen molar-refractivity contribution < 1.29 is 13.5 Å². The molecular formula is C20H29Cl2FN4O2S. The van der Waals surface area contributed by atoms with Crippen molar-refractivity contribution in [3.05, 3.63) is 54.3 Å². The number of halogens is 3. The molecule has 0 aliphatic carbocycles. The molecular weight excluding hydrogens is 450 g/mol. The Kier molecular flexibility index (Phi) is 8.64. The highest BCUT2D eigenvalue weighted by Gasteiger charge is 2.42. The van der Waals surface area contributed by atoms with E-state index in [1.54, 1.807) is 28.6 Å². The number of rotatable bonds is 5. The molecule has 0 bridgehead atoms. The molecule has 2 aliphatic heterocycles. The van der Waals surface area contributed by atoms with Crippen LogP contribution in [-0.4, -0.2) is 46.2 Å². The normalized spacial score (nSPS) is 19.6. The van der Waals surface area contributed by atoms with Crippen molar-refractivity contribution in [2.24, 2.45) is 5.73 Å². The summed E-state index contributed by atoms with van der Waals surface area (Å²) >= 11 is 0. The first kappa shape index (κ1) is 25.0. The second-order valence-electron chi connectivity index (χ2n) is 7.36. The predicted octanol–water partition coefficient (Wildman–Crippen LogP) is 5.02. The zero-order chi connectivity index (χ0) is 19.7. The van der Waals surface area contributed by atoms with Gasteiger partial charge in [0.25, 0.3) is 0 Å². The summed E-state index contributed by atoms with van der Waals surface area (Å²) in [5.41, 5.74) is 7.45. The first-order chi connectivity index (χ1) is 13.5. The van der Waals surface area contributed by atoms with Crippen molar-refractivity contribution in [2.45, 2.75) is 25.3 Å². The van der Waals surface area contributed by atoms with Crippen molar-refractivity contribution in [3.8, 4) is 0 Å². The standard InChI is InChI=1S/C20H27FN4O2S.2ClH/c21-17-6-1-2-7-18(17)25-20-9-4-3-8-19(20)24(28(25,26)27)13-5-12-23-14-10-16(22)11-15-23;;/h1-4,6-9,16,26-27H,5,10-15,22H2;2*1H. The van der Waals surface area contributed by atoms with Gasteiger partial charge in [0.05, 0.1) is 11.4 Å². The van der Waals surface area contributed by atoms with E-state index in [2.05, 4.69) is 4.90 Å². The summed E-state index contributed by atoms with van der Waals surface area (Å²) < 4.78 is 39.6. The lowest BCUT2D eigenvalue weighted by atomic mass is 10.1. The number of likely N-dealkylation sites (tertiary alicyclic amines) is 1. The number of benzene rings is 2. The maximum absolute atomic E-state index is 14.4. The van der Waals surface area contributed by atoms with Crippen LogP contribution in [0.25, 0.3) is 0 Å². The van der Waals surface area contributed by atoms with E-state index < -0.39 is 16.8 Å². The lowest BCUT2D eigenvalue weighted by Gasteiger charge is -2.44. The molecule has 168 valence electrons. The highest BCUT2D eigenvalue weighted by molar-refractivity contribution is 8.27. The predicted molar refractivity (Wildman–Crippen MR) is 128 cm³/mol. The minimum absolute atomic E-state index is 0. The number of fused-ring (bicyclic) bond motifs is 1. The molecule has 4 rings (SSSR count). The van der Waals surface area contributed by atoms with E-state index in [1.807, 2.05) is 18.2 Å². The number of nitrogens with two attached hydrogens (primary N) is 1. The molecule has 1 fully saturated rings. The van der Waals surface area contributed by atoms with Crippen LogP contribution in [0.15, 0.2) is 48.5 Å². The molecule has 6 nitrogen and oxygen atoms in total. The van der Waals surface area contributed by atoms with Gasteiger partial charge in [-0.25, -0.2) is 8.70 Å². The molecule has 2 heterocycles. The van der Waals surface area contributed by atoms with Gasteiger partial charge < -0.3 is 10.6 Å². The SMILES string of the molecule is Cl.Cl.NC1CCN(CCCN2c3ccccc3N(c3ccccc3F)S2(O)O)CC1. The molecule has 1 saturated heterocycles. The second-order valence-corrected chi connectivity index (χ2v) is 9.14. The maximum Gasteiger partial charge on any atom is 0.148 e. The molecule has 0 atom stereocenters. The molecule has 2 aromatic carbocycles. The van der Waals surface area contributed by atoms with E-state index in [1.165, 1.54) is 10.4 Å². The molecule has 2 aliphatic rings. The average molecular weight is 479 g/mol. The van der Waals surface area contributed by atoms with Crippen LogP contribution < -0.4 is 14.3 Å². The third-order valence-electron chi connectivity index (χ3n) is 5.45. The summed E-state index contributed by atoms with van der Waals surface area (Å²) in [6.07, 6.45) is 2.79. The van der Waals surface area contributed by atoms with Crippen molar-refractivity contribution >= 4 is 52.8 Å². The van der Waals surface area contributed by atoms with E-state index in [9.17, 15) is 13.5 Å². The minimum atomic E-state index is -3.39. The largest absolute Gasteiger partial charge is 0.328 e. The van der Waals surface area contributed by atoms with Crippen LogP contribution in [0.3, 0.4) is 0 Å². The Morgan fingerprint density at radius 2 is 1.47 bits per heavy atom. The Morgan fingerprint density at radius 1 is 0.900 bits per heavy atom. The lowest BCUT2D eigenvalue weighted by Crippen LogP contribution is -2.41. The second kappa shape index (κ2) is 10.4. The van der Waals surface area contributed by atoms with Crippen LogP contribution in [0.1, 0.15) is 19.3 Å². The fourth-order valence-electron chi connectivity index (χ4n) is 3.94. The Morgan fingerprint density at radius 3 is 2.10 bits per heavy atom. The molecule has 0 radical (unpaired) electrons. The maximum atomic E-state index is 14.4. The Hall–Kier alpha value is -1.26. The first-order valence-corrected chi connectivity index (χ1v) is 11.1. The quantitative estimate of drug-likeness (QED) is 0.559. The highest BCUT2D eigenvalue weighted by Crippen LogP contribution is 2.64.